The lowest BCUT2D eigenvalue weighted by Gasteiger charge is -2.67. The molecule has 4 aliphatic rings. The number of fused-ring (bicyclic) bond motifs is 5. The Kier molecular flexibility index (Phi) is 14.2. The van der Waals surface area contributed by atoms with E-state index < -0.39 is 144 Å². The van der Waals surface area contributed by atoms with Crippen molar-refractivity contribution in [3.05, 3.63) is 101 Å². The molecular weight excluding hydrogens is 935 g/mol. The zero-order chi connectivity index (χ0) is 51.8. The van der Waals surface area contributed by atoms with Gasteiger partial charge in [0, 0.05) is 47.2 Å². The molecule has 378 valence electrons. The summed E-state index contributed by atoms with van der Waals surface area (Å²) < 4.78 is 61.9. The Morgan fingerprint density at radius 1 is 0.676 bits per heavy atom. The van der Waals surface area contributed by atoms with E-state index in [0.717, 1.165) is 41.5 Å². The minimum Gasteiger partial charge on any atom is -0.465 e. The average molecular weight is 988 g/mol. The predicted octanol–water partition coefficient (Wildman–Crippen LogP) is 3.14. The Bertz CT molecular complexity index is 2620. The number of nitrogens with zero attached hydrogens (tertiary/aromatic N) is 1. The second kappa shape index (κ2) is 19.5. The molecule has 2 aromatic carbocycles. The van der Waals surface area contributed by atoms with Crippen LogP contribution in [-0.4, -0.2) is 136 Å². The molecule has 0 amide bonds. The average Bonchev–Trinajstić information content (AvgIpc) is 3.53. The normalized spacial score (nSPS) is 32.9. The van der Waals surface area contributed by atoms with E-state index in [1.165, 1.54) is 68.6 Å². The molecule has 1 saturated heterocycles. The topological polar surface area (TPSA) is 279 Å². The molecule has 2 aliphatic carbocycles. The van der Waals surface area contributed by atoms with Crippen LogP contribution in [0.3, 0.4) is 0 Å². The van der Waals surface area contributed by atoms with Gasteiger partial charge in [-0.2, -0.15) is 0 Å². The van der Waals surface area contributed by atoms with Crippen LogP contribution in [0.1, 0.15) is 98.6 Å². The summed E-state index contributed by atoms with van der Waals surface area (Å²) in [5.41, 5.74) is -13.5. The van der Waals surface area contributed by atoms with Gasteiger partial charge in [0.25, 0.3) is 0 Å². The number of aromatic nitrogens is 1. The fraction of sp³-hybridized carbons (Fsp3) is 0.480. The van der Waals surface area contributed by atoms with E-state index in [9.17, 15) is 43.5 Å². The Hall–Kier alpha value is -7.26. The Morgan fingerprint density at radius 2 is 1.23 bits per heavy atom. The number of carbonyl (C=O) groups is 9. The van der Waals surface area contributed by atoms with Crippen LogP contribution in [0.25, 0.3) is 0 Å². The highest BCUT2D eigenvalue weighted by atomic mass is 16.7. The third-order valence-corrected chi connectivity index (χ3v) is 13.5. The van der Waals surface area contributed by atoms with Gasteiger partial charge in [0.15, 0.2) is 30.0 Å². The van der Waals surface area contributed by atoms with E-state index in [4.69, 9.17) is 47.4 Å². The van der Waals surface area contributed by atoms with Gasteiger partial charge < -0.3 is 52.5 Å². The smallest absolute Gasteiger partial charge is 0.350 e. The molecule has 71 heavy (non-hydrogen) atoms. The lowest BCUT2D eigenvalue weighted by molar-refractivity contribution is -0.386. The lowest BCUT2D eigenvalue weighted by atomic mass is 9.45. The molecule has 21 nitrogen and oxygen atoms in total. The van der Waals surface area contributed by atoms with Crippen LogP contribution in [0, 0.1) is 11.3 Å². The molecule has 3 heterocycles. The molecule has 3 fully saturated rings. The predicted molar refractivity (Wildman–Crippen MR) is 236 cm³/mol. The first-order valence-electron chi connectivity index (χ1n) is 22.5. The Labute approximate surface area is 406 Å². The molecule has 2 saturated carbocycles. The summed E-state index contributed by atoms with van der Waals surface area (Å²) in [6, 6.07) is 17.8. The number of aryl methyl sites for hydroxylation is 1. The van der Waals surface area contributed by atoms with Gasteiger partial charge in [0.2, 0.25) is 5.60 Å². The van der Waals surface area contributed by atoms with Gasteiger partial charge in [-0.3, -0.25) is 29.0 Å². The number of rotatable bonds is 10. The fourth-order valence-corrected chi connectivity index (χ4v) is 10.7. The fourth-order valence-electron chi connectivity index (χ4n) is 10.7. The molecule has 12 atom stereocenters. The summed E-state index contributed by atoms with van der Waals surface area (Å²) in [5.74, 6) is -11.7. The van der Waals surface area contributed by atoms with Crippen LogP contribution >= 0.6 is 0 Å². The standard InChI is InChI=1S/C50H53NO20/c1-26(52)62-25-49-40(66-29(4)55)36(64-27(2)53)35-38(68-42(57)31-16-11-9-12-17-31)50(49)48(8,61)39(37(65-28(3)54)41(49)67-30(5)56)69-45(60)46(6,70-43(58)32-18-13-10-14-19-32)22-21-34-33(20-15-23-51-34)44(59)63-24-47(35,7)71-50/h9-20,23,35-41,61H,21-22,24-25H2,1-8H3/t35-,36-,37+,38-,39+,40-,41+,46?,47+,48+,49-,50+/m1/s1. The van der Waals surface area contributed by atoms with Gasteiger partial charge in [-0.25, -0.2) is 19.2 Å². The zero-order valence-electron chi connectivity index (χ0n) is 40.0. The molecule has 1 unspecified atom stereocenters. The Balaban J connectivity index is 1.62. The minimum atomic E-state index is -3.06. The highest BCUT2D eigenvalue weighted by Crippen LogP contribution is 2.70. The third kappa shape index (κ3) is 9.19. The molecule has 0 radical (unpaired) electrons. The molecule has 1 aromatic heterocycles. The molecule has 1 spiro atoms. The zero-order valence-corrected chi connectivity index (χ0v) is 40.0. The summed E-state index contributed by atoms with van der Waals surface area (Å²) in [7, 11) is 0. The second-order valence-electron chi connectivity index (χ2n) is 18.4. The van der Waals surface area contributed by atoms with Crippen LogP contribution in [0.15, 0.2) is 79.0 Å². The number of ether oxygens (including phenoxy) is 10. The van der Waals surface area contributed by atoms with Crippen LogP contribution in [0.5, 0.6) is 0 Å². The summed E-state index contributed by atoms with van der Waals surface area (Å²) >= 11 is 0. The highest BCUT2D eigenvalue weighted by molar-refractivity contribution is 5.93. The third-order valence-electron chi connectivity index (χ3n) is 13.5. The molecule has 3 aromatic rings. The molecule has 21 heteroatoms. The maximum Gasteiger partial charge on any atom is 0.350 e. The van der Waals surface area contributed by atoms with Crippen molar-refractivity contribution in [2.75, 3.05) is 13.2 Å². The van der Waals surface area contributed by atoms with Crippen molar-refractivity contribution in [3.63, 3.8) is 0 Å². The summed E-state index contributed by atoms with van der Waals surface area (Å²) in [5, 5.41) is 14.0. The van der Waals surface area contributed by atoms with Crippen molar-refractivity contribution < 1.29 is 95.6 Å². The van der Waals surface area contributed by atoms with Crippen molar-refractivity contribution in [2.45, 2.75) is 127 Å². The van der Waals surface area contributed by atoms with E-state index in [-0.39, 0.29) is 28.8 Å². The number of aliphatic hydroxyl groups is 1. The highest BCUT2D eigenvalue weighted by Gasteiger charge is 2.92. The number of cyclic esters (lactones) is 1. The Morgan fingerprint density at radius 3 is 1.79 bits per heavy atom. The number of pyridine rings is 1. The molecule has 1 N–H and O–H groups in total. The summed E-state index contributed by atoms with van der Waals surface area (Å²) in [6.07, 6.45) is -12.4. The van der Waals surface area contributed by atoms with Gasteiger partial charge in [-0.15, -0.1) is 0 Å². The van der Waals surface area contributed by atoms with E-state index >= 15 is 4.79 Å². The molecular formula is C50H53NO20. The summed E-state index contributed by atoms with van der Waals surface area (Å²) in [4.78, 5) is 130. The number of hydrogen-bond donors (Lipinski definition) is 1. The monoisotopic (exact) mass is 987 g/mol. The van der Waals surface area contributed by atoms with E-state index in [1.807, 2.05) is 0 Å². The van der Waals surface area contributed by atoms with Crippen molar-refractivity contribution in [1.29, 1.82) is 0 Å². The van der Waals surface area contributed by atoms with Crippen LogP contribution in [0.2, 0.25) is 0 Å². The van der Waals surface area contributed by atoms with Gasteiger partial charge >= 0.3 is 53.7 Å². The quantitative estimate of drug-likeness (QED) is 0.226. The van der Waals surface area contributed by atoms with E-state index in [1.54, 1.807) is 24.3 Å². The number of benzene rings is 2. The number of esters is 9. The van der Waals surface area contributed by atoms with Crippen LogP contribution in [0.4, 0.5) is 0 Å². The summed E-state index contributed by atoms with van der Waals surface area (Å²) in [6.45, 7) is 6.32. The minimum absolute atomic E-state index is 0.000141. The first kappa shape index (κ1) is 51.6. The van der Waals surface area contributed by atoms with E-state index in [0.29, 0.717) is 0 Å². The van der Waals surface area contributed by atoms with Gasteiger partial charge in [-0.1, -0.05) is 36.4 Å². The van der Waals surface area contributed by atoms with Crippen molar-refractivity contribution in [1.82, 2.24) is 4.98 Å². The number of carbonyl (C=O) groups excluding carboxylic acids is 9. The van der Waals surface area contributed by atoms with Crippen LogP contribution < -0.4 is 0 Å². The van der Waals surface area contributed by atoms with Crippen molar-refractivity contribution in [3.8, 4) is 0 Å². The maximum absolute atomic E-state index is 15.3. The molecule has 2 aliphatic heterocycles. The van der Waals surface area contributed by atoms with Crippen LogP contribution in [-0.2, 0) is 82.6 Å². The first-order valence-corrected chi connectivity index (χ1v) is 22.5. The second-order valence-corrected chi connectivity index (χ2v) is 18.4. The van der Waals surface area contributed by atoms with Crippen molar-refractivity contribution in [2.24, 2.45) is 11.3 Å². The lowest BCUT2D eigenvalue weighted by Crippen LogP contribution is -2.89. The number of hydrogen-bond acceptors (Lipinski definition) is 21. The van der Waals surface area contributed by atoms with Gasteiger partial charge in [-0.05, 0) is 63.6 Å². The van der Waals surface area contributed by atoms with E-state index in [2.05, 4.69) is 4.98 Å². The molecule has 7 rings (SSSR count). The molecule has 4 bridgehead atoms. The largest absolute Gasteiger partial charge is 0.465 e. The SMILES string of the molecule is CC(=O)OC[C@]12[C@H](OC(C)=O)[C@H](OC(C)=O)[C@@H]3[C@@H](OC(=O)c4ccccc4)[C@@]14O[C@@]3(C)COC(=O)c1cccnc1CCC(C)(OC(=O)c1ccccc1)C(=O)O[C@@H]([C@H](OC(C)=O)[C@@H]2OC(C)=O)[C@]4(C)O. The van der Waals surface area contributed by atoms with Gasteiger partial charge in [0.05, 0.1) is 28.3 Å². The van der Waals surface area contributed by atoms with Gasteiger partial charge in [0.1, 0.15) is 42.0 Å². The first-order chi connectivity index (χ1) is 33.4. The maximum atomic E-state index is 15.3. The van der Waals surface area contributed by atoms with Crippen molar-refractivity contribution >= 4 is 53.7 Å².